The van der Waals surface area contributed by atoms with E-state index in [1.54, 1.807) is 6.08 Å². The number of imide groups is 1. The number of anilines is 1. The van der Waals surface area contributed by atoms with Gasteiger partial charge in [-0.1, -0.05) is 12.1 Å². The summed E-state index contributed by atoms with van der Waals surface area (Å²) in [5.41, 5.74) is 1.96. The number of hydrogen-bond acceptors (Lipinski definition) is 4. The van der Waals surface area contributed by atoms with E-state index in [4.69, 9.17) is 0 Å². The molecular weight excluding hydrogens is 236 g/mol. The predicted octanol–water partition coefficient (Wildman–Crippen LogP) is 2.08. The standard InChI is InChI=1S/C12H12N2O2S/c1-14(2)9-5-3-4-8(6-9)7-10-11(15)13-12(16)17-10/h3-7H,1-2H3,(H,13,15,16)/b10-7-. The van der Waals surface area contributed by atoms with Crippen LogP contribution < -0.4 is 10.2 Å². The molecule has 0 saturated carbocycles. The van der Waals surface area contributed by atoms with Crippen LogP contribution in [0.4, 0.5) is 10.5 Å². The van der Waals surface area contributed by atoms with Gasteiger partial charge < -0.3 is 4.90 Å². The van der Waals surface area contributed by atoms with Gasteiger partial charge in [0.05, 0.1) is 4.91 Å². The Bertz CT molecular complexity index is 509. The lowest BCUT2D eigenvalue weighted by atomic mass is 10.2. The van der Waals surface area contributed by atoms with Gasteiger partial charge in [0, 0.05) is 19.8 Å². The van der Waals surface area contributed by atoms with E-state index in [1.807, 2.05) is 43.3 Å². The van der Waals surface area contributed by atoms with Gasteiger partial charge in [0.1, 0.15) is 0 Å². The molecule has 1 aromatic carbocycles. The highest BCUT2D eigenvalue weighted by Gasteiger charge is 2.24. The maximum atomic E-state index is 11.4. The lowest BCUT2D eigenvalue weighted by molar-refractivity contribution is -0.115. The molecule has 88 valence electrons. The summed E-state index contributed by atoms with van der Waals surface area (Å²) in [5, 5.41) is 1.92. The fourth-order valence-electron chi connectivity index (χ4n) is 1.47. The molecule has 0 unspecified atom stereocenters. The molecule has 1 saturated heterocycles. The molecule has 2 amide bonds. The van der Waals surface area contributed by atoms with Gasteiger partial charge in [0.25, 0.3) is 11.1 Å². The molecular formula is C12H12N2O2S. The molecule has 1 N–H and O–H groups in total. The van der Waals surface area contributed by atoms with Gasteiger partial charge in [-0.15, -0.1) is 0 Å². The first-order valence-corrected chi connectivity index (χ1v) is 5.90. The molecule has 4 nitrogen and oxygen atoms in total. The highest BCUT2D eigenvalue weighted by atomic mass is 32.2. The summed E-state index contributed by atoms with van der Waals surface area (Å²) >= 11 is 0.931. The van der Waals surface area contributed by atoms with Crippen LogP contribution >= 0.6 is 11.8 Å². The number of rotatable bonds is 2. The molecule has 1 aliphatic heterocycles. The molecule has 1 fully saturated rings. The third-order valence-corrected chi connectivity index (χ3v) is 3.14. The van der Waals surface area contributed by atoms with Crippen molar-refractivity contribution in [3.05, 3.63) is 34.7 Å². The SMILES string of the molecule is CN(C)c1cccc(/C=C2\SC(=O)NC2=O)c1. The highest BCUT2D eigenvalue weighted by molar-refractivity contribution is 8.18. The van der Waals surface area contributed by atoms with Crippen LogP contribution in [-0.2, 0) is 4.79 Å². The van der Waals surface area contributed by atoms with Gasteiger partial charge in [-0.05, 0) is 35.5 Å². The largest absolute Gasteiger partial charge is 0.378 e. The molecule has 0 aliphatic carbocycles. The van der Waals surface area contributed by atoms with E-state index in [1.165, 1.54) is 0 Å². The van der Waals surface area contributed by atoms with Crippen LogP contribution in [0.15, 0.2) is 29.2 Å². The van der Waals surface area contributed by atoms with E-state index in [2.05, 4.69) is 5.32 Å². The fraction of sp³-hybridized carbons (Fsp3) is 0.167. The number of carbonyl (C=O) groups is 2. The maximum Gasteiger partial charge on any atom is 0.290 e. The Labute approximate surface area is 104 Å². The Morgan fingerprint density at radius 3 is 2.65 bits per heavy atom. The number of hydrogen-bond donors (Lipinski definition) is 1. The second-order valence-corrected chi connectivity index (χ2v) is 4.86. The molecule has 1 heterocycles. The smallest absolute Gasteiger partial charge is 0.290 e. The minimum atomic E-state index is -0.324. The molecule has 0 radical (unpaired) electrons. The zero-order chi connectivity index (χ0) is 12.4. The van der Waals surface area contributed by atoms with Crippen molar-refractivity contribution in [2.45, 2.75) is 0 Å². The molecule has 5 heteroatoms. The van der Waals surface area contributed by atoms with Crippen molar-refractivity contribution in [3.8, 4) is 0 Å². The zero-order valence-electron chi connectivity index (χ0n) is 9.56. The minimum absolute atomic E-state index is 0.315. The van der Waals surface area contributed by atoms with Crippen LogP contribution in [0.25, 0.3) is 6.08 Å². The predicted molar refractivity (Wildman–Crippen MR) is 69.9 cm³/mol. The average Bonchev–Trinajstić information content (AvgIpc) is 2.58. The summed E-state index contributed by atoms with van der Waals surface area (Å²) < 4.78 is 0. The summed E-state index contributed by atoms with van der Waals surface area (Å²) in [6, 6.07) is 7.76. The summed E-state index contributed by atoms with van der Waals surface area (Å²) in [7, 11) is 3.90. The van der Waals surface area contributed by atoms with Crippen LogP contribution in [0.5, 0.6) is 0 Å². The minimum Gasteiger partial charge on any atom is -0.378 e. The van der Waals surface area contributed by atoms with Gasteiger partial charge in [-0.3, -0.25) is 14.9 Å². The number of benzene rings is 1. The second-order valence-electron chi connectivity index (χ2n) is 3.84. The summed E-state index contributed by atoms with van der Waals surface area (Å²) in [5.74, 6) is -0.324. The lowest BCUT2D eigenvalue weighted by Gasteiger charge is -2.12. The topological polar surface area (TPSA) is 49.4 Å². The van der Waals surface area contributed by atoms with Gasteiger partial charge in [0.15, 0.2) is 0 Å². The molecule has 0 bridgehead atoms. The number of thioether (sulfide) groups is 1. The Kier molecular flexibility index (Phi) is 3.19. The van der Waals surface area contributed by atoms with E-state index in [0.717, 1.165) is 23.0 Å². The molecule has 0 atom stereocenters. The third-order valence-electron chi connectivity index (χ3n) is 2.33. The Morgan fingerprint density at radius 1 is 1.29 bits per heavy atom. The number of nitrogens with zero attached hydrogens (tertiary/aromatic N) is 1. The van der Waals surface area contributed by atoms with Crippen LogP contribution in [-0.4, -0.2) is 25.2 Å². The Balaban J connectivity index is 2.29. The summed E-state index contributed by atoms with van der Waals surface area (Å²) in [4.78, 5) is 24.8. The van der Waals surface area contributed by atoms with E-state index < -0.39 is 0 Å². The summed E-state index contributed by atoms with van der Waals surface area (Å²) in [6.45, 7) is 0. The van der Waals surface area contributed by atoms with E-state index in [0.29, 0.717) is 4.91 Å². The molecule has 1 aromatic rings. The van der Waals surface area contributed by atoms with Crippen molar-refractivity contribution in [3.63, 3.8) is 0 Å². The van der Waals surface area contributed by atoms with E-state index in [9.17, 15) is 9.59 Å². The number of amides is 2. The van der Waals surface area contributed by atoms with Crippen molar-refractivity contribution in [1.29, 1.82) is 0 Å². The number of nitrogens with one attached hydrogen (secondary N) is 1. The molecule has 2 rings (SSSR count). The van der Waals surface area contributed by atoms with Crippen molar-refractivity contribution >= 4 is 34.7 Å². The van der Waals surface area contributed by atoms with E-state index in [-0.39, 0.29) is 11.1 Å². The fourth-order valence-corrected chi connectivity index (χ4v) is 2.15. The maximum absolute atomic E-state index is 11.4. The monoisotopic (exact) mass is 248 g/mol. The second kappa shape index (κ2) is 4.63. The third kappa shape index (κ3) is 2.68. The van der Waals surface area contributed by atoms with Crippen LogP contribution in [0.3, 0.4) is 0 Å². The van der Waals surface area contributed by atoms with Crippen LogP contribution in [0.1, 0.15) is 5.56 Å². The van der Waals surface area contributed by atoms with Crippen molar-refractivity contribution in [2.75, 3.05) is 19.0 Å². The van der Waals surface area contributed by atoms with Gasteiger partial charge >= 0.3 is 0 Å². The quantitative estimate of drug-likeness (QED) is 0.814. The normalized spacial score (nSPS) is 17.4. The first-order chi connectivity index (χ1) is 8.06. The van der Waals surface area contributed by atoms with Crippen LogP contribution in [0, 0.1) is 0 Å². The van der Waals surface area contributed by atoms with E-state index >= 15 is 0 Å². The Morgan fingerprint density at radius 2 is 2.06 bits per heavy atom. The molecule has 0 aromatic heterocycles. The zero-order valence-corrected chi connectivity index (χ0v) is 10.4. The molecule has 0 spiro atoms. The lowest BCUT2D eigenvalue weighted by Crippen LogP contribution is -2.17. The Hall–Kier alpha value is -1.75. The average molecular weight is 248 g/mol. The van der Waals surface area contributed by atoms with Crippen molar-refractivity contribution < 1.29 is 9.59 Å². The molecule has 1 aliphatic rings. The van der Waals surface area contributed by atoms with Gasteiger partial charge in [0.2, 0.25) is 0 Å². The van der Waals surface area contributed by atoms with Crippen molar-refractivity contribution in [2.24, 2.45) is 0 Å². The number of carbonyl (C=O) groups excluding carboxylic acids is 2. The summed E-state index contributed by atoms with van der Waals surface area (Å²) in [6.07, 6.45) is 1.72. The van der Waals surface area contributed by atoms with Crippen molar-refractivity contribution in [1.82, 2.24) is 5.32 Å². The van der Waals surface area contributed by atoms with Gasteiger partial charge in [-0.25, -0.2) is 0 Å². The first kappa shape index (κ1) is 11.7. The molecule has 17 heavy (non-hydrogen) atoms. The van der Waals surface area contributed by atoms with Gasteiger partial charge in [-0.2, -0.15) is 0 Å². The highest BCUT2D eigenvalue weighted by Crippen LogP contribution is 2.26. The van der Waals surface area contributed by atoms with Crippen LogP contribution in [0.2, 0.25) is 0 Å². The first-order valence-electron chi connectivity index (χ1n) is 5.08.